The van der Waals surface area contributed by atoms with Gasteiger partial charge in [-0.2, -0.15) is 0 Å². The van der Waals surface area contributed by atoms with Crippen molar-refractivity contribution in [2.24, 2.45) is 0 Å². The predicted octanol–water partition coefficient (Wildman–Crippen LogP) is 6.71. The number of carbonyl (C=O) groups is 3. The molecule has 10 heteroatoms. The highest BCUT2D eigenvalue weighted by Gasteiger charge is 2.32. The van der Waals surface area contributed by atoms with Gasteiger partial charge in [-0.25, -0.2) is 0 Å². The van der Waals surface area contributed by atoms with Crippen molar-refractivity contribution in [1.82, 2.24) is 5.32 Å². The van der Waals surface area contributed by atoms with Gasteiger partial charge in [0.25, 0.3) is 5.91 Å². The minimum atomic E-state index is -0.876. The predicted molar refractivity (Wildman–Crippen MR) is 185 cm³/mol. The number of esters is 1. The fourth-order valence-corrected chi connectivity index (χ4v) is 6.38. The SMILES string of the molecule is CC(=O)Nc1ccc(SC[C@@H]2C[C@H](c3ccc(CO)cc3)O[C@H](c3ccc(-c4ccccc4CNC(=O)[C@H](C)OC(C)=O)cc3)O2)cc1. The molecule has 1 saturated heterocycles. The summed E-state index contributed by atoms with van der Waals surface area (Å²) in [5.74, 6) is -0.270. The third kappa shape index (κ3) is 9.54. The van der Waals surface area contributed by atoms with Crippen molar-refractivity contribution >= 4 is 35.2 Å². The molecular weight excluding hydrogens is 628 g/mol. The number of ether oxygens (including phenoxy) is 3. The third-order valence-electron chi connectivity index (χ3n) is 7.90. The molecule has 2 amide bonds. The van der Waals surface area contributed by atoms with Gasteiger partial charge >= 0.3 is 5.97 Å². The molecule has 0 aliphatic carbocycles. The molecule has 9 nitrogen and oxygen atoms in total. The van der Waals surface area contributed by atoms with Crippen molar-refractivity contribution in [3.8, 4) is 11.1 Å². The zero-order valence-electron chi connectivity index (χ0n) is 27.2. The Balaban J connectivity index is 1.30. The van der Waals surface area contributed by atoms with Crippen LogP contribution in [0.25, 0.3) is 11.1 Å². The highest BCUT2D eigenvalue weighted by molar-refractivity contribution is 7.99. The summed E-state index contributed by atoms with van der Waals surface area (Å²) in [5.41, 5.74) is 6.36. The van der Waals surface area contributed by atoms with Gasteiger partial charge in [-0.3, -0.25) is 14.4 Å². The first-order valence-corrected chi connectivity index (χ1v) is 16.8. The molecule has 1 heterocycles. The zero-order valence-corrected chi connectivity index (χ0v) is 28.0. The topological polar surface area (TPSA) is 123 Å². The lowest BCUT2D eigenvalue weighted by Crippen LogP contribution is -2.35. The number of anilines is 1. The van der Waals surface area contributed by atoms with Gasteiger partial charge in [-0.1, -0.05) is 72.8 Å². The molecule has 4 aromatic rings. The Labute approximate surface area is 285 Å². The molecule has 0 bridgehead atoms. The van der Waals surface area contributed by atoms with Crippen molar-refractivity contribution < 1.29 is 33.7 Å². The van der Waals surface area contributed by atoms with Crippen molar-refractivity contribution in [1.29, 1.82) is 0 Å². The van der Waals surface area contributed by atoms with Crippen LogP contribution in [0.1, 0.15) is 61.8 Å². The normalized spacial score (nSPS) is 18.0. The lowest BCUT2D eigenvalue weighted by Gasteiger charge is -2.36. The van der Waals surface area contributed by atoms with Gasteiger partial charge in [0.05, 0.1) is 18.8 Å². The van der Waals surface area contributed by atoms with Crippen molar-refractivity contribution in [3.63, 3.8) is 0 Å². The first-order valence-electron chi connectivity index (χ1n) is 15.8. The second kappa shape index (κ2) is 16.6. The molecule has 5 rings (SSSR count). The maximum Gasteiger partial charge on any atom is 0.303 e. The van der Waals surface area contributed by atoms with Crippen LogP contribution < -0.4 is 10.6 Å². The summed E-state index contributed by atoms with van der Waals surface area (Å²) in [5, 5.41) is 15.2. The highest BCUT2D eigenvalue weighted by Crippen LogP contribution is 2.40. The van der Waals surface area contributed by atoms with E-state index in [0.717, 1.165) is 44.0 Å². The van der Waals surface area contributed by atoms with Gasteiger partial charge < -0.3 is 30.0 Å². The van der Waals surface area contributed by atoms with Crippen molar-refractivity contribution in [2.75, 3.05) is 11.1 Å². The van der Waals surface area contributed by atoms with Crippen LogP contribution in [0.15, 0.2) is 102 Å². The van der Waals surface area contributed by atoms with Crippen molar-refractivity contribution in [3.05, 3.63) is 119 Å². The number of carbonyl (C=O) groups excluding carboxylic acids is 3. The van der Waals surface area contributed by atoms with E-state index in [1.807, 2.05) is 97.1 Å². The summed E-state index contributed by atoms with van der Waals surface area (Å²) < 4.78 is 18.1. The molecule has 0 spiro atoms. The van der Waals surface area contributed by atoms with Crippen LogP contribution in [0.5, 0.6) is 0 Å². The highest BCUT2D eigenvalue weighted by atomic mass is 32.2. The maximum atomic E-state index is 12.4. The van der Waals surface area contributed by atoms with E-state index in [2.05, 4.69) is 10.6 Å². The summed E-state index contributed by atoms with van der Waals surface area (Å²) in [6.45, 7) is 4.57. The number of hydrogen-bond acceptors (Lipinski definition) is 8. The number of amides is 2. The second-order valence-corrected chi connectivity index (χ2v) is 12.7. The number of hydrogen-bond donors (Lipinski definition) is 3. The van der Waals surface area contributed by atoms with E-state index in [9.17, 15) is 19.5 Å². The molecular formula is C38H40N2O7S. The summed E-state index contributed by atoms with van der Waals surface area (Å²) in [7, 11) is 0. The molecule has 1 fully saturated rings. The van der Waals surface area contributed by atoms with E-state index in [1.165, 1.54) is 13.8 Å². The van der Waals surface area contributed by atoms with Gasteiger partial charge in [0.2, 0.25) is 5.91 Å². The fourth-order valence-electron chi connectivity index (χ4n) is 5.45. The second-order valence-electron chi connectivity index (χ2n) is 11.6. The number of thioether (sulfide) groups is 1. The lowest BCUT2D eigenvalue weighted by atomic mass is 9.97. The van der Waals surface area contributed by atoms with Gasteiger partial charge in [0.1, 0.15) is 0 Å². The standard InChI is InChI=1S/C38H40N2O7S/c1-24(45-26(3)43)37(44)39-21-31-6-4-5-7-35(31)28-12-14-30(15-13-28)38-46-33(20-36(47-38)29-10-8-27(22-41)9-11-29)23-48-34-18-16-32(17-19-34)40-25(2)42/h4-19,24,33,36,38,41H,20-23H2,1-3H3,(H,39,44)(H,40,42)/t24-,33-,36+,38+/m0/s1. The molecule has 0 unspecified atom stereocenters. The number of rotatable bonds is 12. The summed E-state index contributed by atoms with van der Waals surface area (Å²) in [6, 6.07) is 31.4. The molecule has 0 saturated carbocycles. The Bertz CT molecular complexity index is 1690. The Morgan fingerprint density at radius 3 is 2.25 bits per heavy atom. The first kappa shape index (κ1) is 34.8. The van der Waals surface area contributed by atoms with Crippen LogP contribution in [0.3, 0.4) is 0 Å². The molecule has 250 valence electrons. The average Bonchev–Trinajstić information content (AvgIpc) is 3.10. The Morgan fingerprint density at radius 2 is 1.58 bits per heavy atom. The van der Waals surface area contributed by atoms with E-state index in [1.54, 1.807) is 18.7 Å². The zero-order chi connectivity index (χ0) is 34.0. The van der Waals surface area contributed by atoms with Crippen LogP contribution >= 0.6 is 11.8 Å². The number of aliphatic hydroxyl groups excluding tert-OH is 1. The van der Waals surface area contributed by atoms with E-state index in [4.69, 9.17) is 14.2 Å². The smallest absolute Gasteiger partial charge is 0.303 e. The largest absolute Gasteiger partial charge is 0.453 e. The van der Waals surface area contributed by atoms with Crippen molar-refractivity contribution in [2.45, 2.75) is 69.8 Å². The van der Waals surface area contributed by atoms with Crippen LogP contribution in [0.2, 0.25) is 0 Å². The van der Waals surface area contributed by atoms with E-state index < -0.39 is 18.4 Å². The van der Waals surface area contributed by atoms with Gasteiger partial charge in [-0.05, 0) is 59.0 Å². The quantitative estimate of drug-likeness (QED) is 0.113. The molecule has 4 atom stereocenters. The molecule has 0 radical (unpaired) electrons. The first-order chi connectivity index (χ1) is 23.2. The van der Waals surface area contributed by atoms with Crippen LogP contribution in [0.4, 0.5) is 5.69 Å². The average molecular weight is 669 g/mol. The van der Waals surface area contributed by atoms with E-state index in [0.29, 0.717) is 12.2 Å². The maximum absolute atomic E-state index is 12.4. The van der Waals surface area contributed by atoms with Gasteiger partial charge in [0.15, 0.2) is 12.4 Å². The monoisotopic (exact) mass is 668 g/mol. The minimum Gasteiger partial charge on any atom is -0.453 e. The summed E-state index contributed by atoms with van der Waals surface area (Å²) >= 11 is 1.69. The van der Waals surface area contributed by atoms with Crippen LogP contribution in [-0.4, -0.2) is 40.9 Å². The van der Waals surface area contributed by atoms with Crippen LogP contribution in [-0.2, 0) is 41.7 Å². The van der Waals surface area contributed by atoms with Gasteiger partial charge in [0, 0.05) is 48.7 Å². The van der Waals surface area contributed by atoms with Gasteiger partial charge in [-0.15, -0.1) is 11.8 Å². The number of nitrogens with one attached hydrogen (secondary N) is 2. The number of aliphatic hydroxyl groups is 1. The molecule has 4 aromatic carbocycles. The molecule has 3 N–H and O–H groups in total. The van der Waals surface area contributed by atoms with E-state index in [-0.39, 0.29) is 37.2 Å². The van der Waals surface area contributed by atoms with E-state index >= 15 is 0 Å². The third-order valence-corrected chi connectivity index (χ3v) is 9.05. The number of benzene rings is 4. The Hall–Kier alpha value is -4.48. The summed E-state index contributed by atoms with van der Waals surface area (Å²) in [6.07, 6.45) is -1.12. The molecule has 48 heavy (non-hydrogen) atoms. The molecule has 1 aliphatic rings. The lowest BCUT2D eigenvalue weighted by molar-refractivity contribution is -0.245. The fraction of sp³-hybridized carbons (Fsp3) is 0.289. The molecule has 0 aromatic heterocycles. The minimum absolute atomic E-state index is 0.0210. The van der Waals surface area contributed by atoms with Crippen LogP contribution in [0, 0.1) is 0 Å². The Kier molecular flexibility index (Phi) is 12.0. The Morgan fingerprint density at radius 1 is 0.896 bits per heavy atom. The molecule has 1 aliphatic heterocycles. The summed E-state index contributed by atoms with van der Waals surface area (Å²) in [4.78, 5) is 36.1.